The Morgan fingerprint density at radius 1 is 1.44 bits per heavy atom. The van der Waals surface area contributed by atoms with Gasteiger partial charge in [0.15, 0.2) is 6.61 Å². The molecule has 1 heterocycles. The molecule has 142 valence electrons. The Hall–Kier alpha value is -2.81. The van der Waals surface area contributed by atoms with E-state index in [0.29, 0.717) is 11.5 Å². The van der Waals surface area contributed by atoms with Gasteiger partial charge < -0.3 is 10.1 Å². The molecule has 0 fully saturated rings. The van der Waals surface area contributed by atoms with E-state index in [1.54, 1.807) is 5.38 Å². The molecule has 9 heteroatoms. The van der Waals surface area contributed by atoms with Gasteiger partial charge in [-0.1, -0.05) is 6.92 Å². The molecule has 1 unspecified atom stereocenters. The number of hydrogen-bond acceptors (Lipinski definition) is 6. The lowest BCUT2D eigenvalue weighted by Gasteiger charge is -2.18. The van der Waals surface area contributed by atoms with Crippen LogP contribution in [0.5, 0.6) is 0 Å². The van der Waals surface area contributed by atoms with Crippen molar-refractivity contribution in [1.29, 1.82) is 0 Å². The fourth-order valence-electron chi connectivity index (χ4n) is 2.97. The standard InChI is InChI=1S/C18H17FN2O5S/c1-10-2-4-12-13(9-27-16(12)6-10)18(23)26-8-17(22)20-15-7-11(21(24)25)3-5-14(15)19/h3,5,7,9-10H,2,4,6,8H2,1H3,(H,20,22). The number of carbonyl (C=O) groups excluding carboxylic acids is 2. The summed E-state index contributed by atoms with van der Waals surface area (Å²) < 4.78 is 18.7. The van der Waals surface area contributed by atoms with E-state index in [1.165, 1.54) is 16.2 Å². The van der Waals surface area contributed by atoms with Gasteiger partial charge in [0.2, 0.25) is 0 Å². The van der Waals surface area contributed by atoms with Crippen LogP contribution in [0.25, 0.3) is 0 Å². The average Bonchev–Trinajstić information content (AvgIpc) is 3.04. The summed E-state index contributed by atoms with van der Waals surface area (Å²) in [6.45, 7) is 1.56. The Kier molecular flexibility index (Phi) is 5.50. The number of nitro benzene ring substituents is 1. The van der Waals surface area contributed by atoms with E-state index in [0.717, 1.165) is 43.0 Å². The van der Waals surface area contributed by atoms with Crippen LogP contribution >= 0.6 is 11.3 Å². The number of thiophene rings is 1. The van der Waals surface area contributed by atoms with Crippen molar-refractivity contribution in [3.8, 4) is 0 Å². The summed E-state index contributed by atoms with van der Waals surface area (Å²) in [5.41, 5.74) is 0.749. The van der Waals surface area contributed by atoms with Crippen LogP contribution in [0.15, 0.2) is 23.6 Å². The third-order valence-electron chi connectivity index (χ3n) is 4.39. The molecular weight excluding hydrogens is 375 g/mol. The van der Waals surface area contributed by atoms with E-state index in [9.17, 15) is 24.1 Å². The highest BCUT2D eigenvalue weighted by Gasteiger charge is 2.24. The first-order chi connectivity index (χ1) is 12.8. The Balaban J connectivity index is 1.61. The molecule has 0 bridgehead atoms. The van der Waals surface area contributed by atoms with Gasteiger partial charge in [-0.05, 0) is 36.8 Å². The molecule has 0 aliphatic heterocycles. The molecule has 7 nitrogen and oxygen atoms in total. The summed E-state index contributed by atoms with van der Waals surface area (Å²) in [6, 6.07) is 2.79. The molecule has 2 aromatic rings. The van der Waals surface area contributed by atoms with Gasteiger partial charge in [-0.2, -0.15) is 0 Å². The molecule has 0 spiro atoms. The van der Waals surface area contributed by atoms with E-state index in [-0.39, 0.29) is 11.4 Å². The Morgan fingerprint density at radius 3 is 2.96 bits per heavy atom. The molecule has 1 aromatic heterocycles. The van der Waals surface area contributed by atoms with Crippen LogP contribution < -0.4 is 5.32 Å². The molecule has 1 atom stereocenters. The number of rotatable bonds is 5. The number of amides is 1. The van der Waals surface area contributed by atoms with E-state index < -0.39 is 29.2 Å². The Bertz CT molecular complexity index is 911. The molecule has 0 saturated heterocycles. The van der Waals surface area contributed by atoms with E-state index in [1.807, 2.05) is 0 Å². The van der Waals surface area contributed by atoms with Gasteiger partial charge in [0.1, 0.15) is 5.82 Å². The number of fused-ring (bicyclic) bond motifs is 1. The number of ether oxygens (including phenoxy) is 1. The second-order valence-corrected chi connectivity index (χ2v) is 7.41. The van der Waals surface area contributed by atoms with Crippen LogP contribution in [0.4, 0.5) is 15.8 Å². The fraction of sp³-hybridized carbons (Fsp3) is 0.333. The lowest BCUT2D eigenvalue weighted by Crippen LogP contribution is -2.22. The number of non-ortho nitro benzene ring substituents is 1. The van der Waals surface area contributed by atoms with Crippen molar-refractivity contribution in [2.45, 2.75) is 26.2 Å². The van der Waals surface area contributed by atoms with Gasteiger partial charge in [-0.15, -0.1) is 11.3 Å². The second-order valence-electron chi connectivity index (χ2n) is 6.44. The van der Waals surface area contributed by atoms with Crippen molar-refractivity contribution in [1.82, 2.24) is 0 Å². The van der Waals surface area contributed by atoms with Crippen molar-refractivity contribution >= 4 is 34.6 Å². The molecule has 27 heavy (non-hydrogen) atoms. The number of benzene rings is 1. The van der Waals surface area contributed by atoms with Gasteiger partial charge in [0.05, 0.1) is 16.2 Å². The van der Waals surface area contributed by atoms with Gasteiger partial charge >= 0.3 is 5.97 Å². The molecule has 1 aliphatic rings. The number of nitro groups is 1. The van der Waals surface area contributed by atoms with Gasteiger partial charge in [-0.25, -0.2) is 9.18 Å². The summed E-state index contributed by atoms with van der Waals surface area (Å²) in [4.78, 5) is 35.4. The first kappa shape index (κ1) is 19.0. The quantitative estimate of drug-likeness (QED) is 0.475. The minimum atomic E-state index is -0.818. The Labute approximate surface area is 158 Å². The zero-order valence-corrected chi connectivity index (χ0v) is 15.3. The maximum atomic E-state index is 13.7. The SMILES string of the molecule is CC1CCc2c(C(=O)OCC(=O)Nc3cc([N+](=O)[O-])ccc3F)csc2C1. The number of nitrogens with one attached hydrogen (secondary N) is 1. The second kappa shape index (κ2) is 7.83. The number of nitrogens with zero attached hydrogens (tertiary/aromatic N) is 1. The maximum Gasteiger partial charge on any atom is 0.339 e. The minimum Gasteiger partial charge on any atom is -0.452 e. The van der Waals surface area contributed by atoms with Crippen LogP contribution in [0.1, 0.15) is 34.1 Å². The van der Waals surface area contributed by atoms with Crippen LogP contribution in [0.3, 0.4) is 0 Å². The summed E-state index contributed by atoms with van der Waals surface area (Å²) in [5, 5.41) is 14.7. The van der Waals surface area contributed by atoms with Crippen molar-refractivity contribution in [2.24, 2.45) is 5.92 Å². The first-order valence-corrected chi connectivity index (χ1v) is 9.23. The largest absolute Gasteiger partial charge is 0.452 e. The van der Waals surface area contributed by atoms with Crippen molar-refractivity contribution in [3.05, 3.63) is 55.5 Å². The molecular formula is C18H17FN2O5S. The Morgan fingerprint density at radius 2 is 2.22 bits per heavy atom. The molecule has 1 aromatic carbocycles. The van der Waals surface area contributed by atoms with E-state index in [2.05, 4.69) is 12.2 Å². The number of halogens is 1. The van der Waals surface area contributed by atoms with Gasteiger partial charge in [0.25, 0.3) is 11.6 Å². The molecule has 1 aliphatic carbocycles. The summed E-state index contributed by atoms with van der Waals surface area (Å²) >= 11 is 1.51. The highest BCUT2D eigenvalue weighted by molar-refractivity contribution is 7.10. The van der Waals surface area contributed by atoms with E-state index >= 15 is 0 Å². The van der Waals surface area contributed by atoms with Crippen molar-refractivity contribution < 1.29 is 23.6 Å². The lowest BCUT2D eigenvalue weighted by atomic mass is 9.88. The highest BCUT2D eigenvalue weighted by atomic mass is 32.1. The maximum absolute atomic E-state index is 13.7. The van der Waals surface area contributed by atoms with Crippen LogP contribution in [0.2, 0.25) is 0 Å². The van der Waals surface area contributed by atoms with Gasteiger partial charge in [0, 0.05) is 22.4 Å². The highest BCUT2D eigenvalue weighted by Crippen LogP contribution is 2.33. The third-order valence-corrected chi connectivity index (χ3v) is 5.44. The molecule has 0 radical (unpaired) electrons. The minimum absolute atomic E-state index is 0.341. The number of hydrogen-bond donors (Lipinski definition) is 1. The predicted molar refractivity (Wildman–Crippen MR) is 97.5 cm³/mol. The molecule has 3 rings (SSSR count). The summed E-state index contributed by atoms with van der Waals surface area (Å²) in [6.07, 6.45) is 2.73. The monoisotopic (exact) mass is 392 g/mol. The van der Waals surface area contributed by atoms with Crippen molar-refractivity contribution in [3.63, 3.8) is 0 Å². The molecule has 0 saturated carbocycles. The third kappa shape index (κ3) is 4.30. The first-order valence-electron chi connectivity index (χ1n) is 8.35. The van der Waals surface area contributed by atoms with Gasteiger partial charge in [-0.3, -0.25) is 14.9 Å². The van der Waals surface area contributed by atoms with Crippen LogP contribution in [-0.4, -0.2) is 23.4 Å². The summed E-state index contributed by atoms with van der Waals surface area (Å²) in [5.74, 6) is -1.62. The smallest absolute Gasteiger partial charge is 0.339 e. The average molecular weight is 392 g/mol. The number of carbonyl (C=O) groups is 2. The topological polar surface area (TPSA) is 98.5 Å². The molecule has 1 N–H and O–H groups in total. The van der Waals surface area contributed by atoms with Crippen molar-refractivity contribution in [2.75, 3.05) is 11.9 Å². The molecule has 1 amide bonds. The lowest BCUT2D eigenvalue weighted by molar-refractivity contribution is -0.384. The summed E-state index contributed by atoms with van der Waals surface area (Å²) in [7, 11) is 0. The number of esters is 1. The fourth-order valence-corrected chi connectivity index (χ4v) is 4.20. The zero-order chi connectivity index (χ0) is 19.6. The van der Waals surface area contributed by atoms with Crippen LogP contribution in [-0.2, 0) is 22.4 Å². The normalized spacial score (nSPS) is 15.7. The predicted octanol–water partition coefficient (Wildman–Crippen LogP) is 3.72. The van der Waals surface area contributed by atoms with E-state index in [4.69, 9.17) is 4.74 Å². The number of anilines is 1. The zero-order valence-electron chi connectivity index (χ0n) is 14.5. The van der Waals surface area contributed by atoms with Crippen LogP contribution in [0, 0.1) is 21.8 Å².